The molecule has 0 aromatic heterocycles. The SMILES string of the molecule is O=C1CCCC2=C1[C@@H]1C=CO[C@@H]1O2. The summed E-state index contributed by atoms with van der Waals surface area (Å²) in [7, 11) is 0. The molecule has 0 aromatic rings. The van der Waals surface area contributed by atoms with Crippen molar-refractivity contribution in [3.05, 3.63) is 23.7 Å². The zero-order valence-electron chi connectivity index (χ0n) is 7.16. The van der Waals surface area contributed by atoms with Gasteiger partial charge in [0.2, 0.25) is 6.29 Å². The average molecular weight is 178 g/mol. The number of fused-ring (bicyclic) bond motifs is 2. The van der Waals surface area contributed by atoms with Crippen LogP contribution in [0.25, 0.3) is 0 Å². The van der Waals surface area contributed by atoms with Gasteiger partial charge in [-0.15, -0.1) is 0 Å². The van der Waals surface area contributed by atoms with Crippen molar-refractivity contribution in [1.82, 2.24) is 0 Å². The summed E-state index contributed by atoms with van der Waals surface area (Å²) < 4.78 is 10.8. The zero-order valence-corrected chi connectivity index (χ0v) is 7.16. The van der Waals surface area contributed by atoms with Gasteiger partial charge in [0.05, 0.1) is 12.2 Å². The van der Waals surface area contributed by atoms with E-state index in [1.807, 2.05) is 6.08 Å². The van der Waals surface area contributed by atoms with Gasteiger partial charge < -0.3 is 9.47 Å². The lowest BCUT2D eigenvalue weighted by Gasteiger charge is -2.12. The molecule has 0 saturated carbocycles. The Bertz CT molecular complexity index is 327. The fourth-order valence-electron chi connectivity index (χ4n) is 2.18. The summed E-state index contributed by atoms with van der Waals surface area (Å²) in [5.74, 6) is 1.18. The van der Waals surface area contributed by atoms with Crippen LogP contribution in [0.3, 0.4) is 0 Å². The third-order valence-electron chi connectivity index (χ3n) is 2.79. The average Bonchev–Trinajstić information content (AvgIpc) is 2.62. The van der Waals surface area contributed by atoms with Gasteiger partial charge in [0.1, 0.15) is 5.76 Å². The second-order valence-electron chi connectivity index (χ2n) is 3.59. The van der Waals surface area contributed by atoms with E-state index >= 15 is 0 Å². The molecule has 2 atom stereocenters. The topological polar surface area (TPSA) is 35.5 Å². The Morgan fingerprint density at radius 2 is 2.31 bits per heavy atom. The van der Waals surface area contributed by atoms with Crippen molar-refractivity contribution in [2.24, 2.45) is 5.92 Å². The van der Waals surface area contributed by atoms with Gasteiger partial charge in [0, 0.05) is 18.4 Å². The molecule has 2 aliphatic heterocycles. The lowest BCUT2D eigenvalue weighted by molar-refractivity contribution is -0.116. The molecule has 0 unspecified atom stereocenters. The standard InChI is InChI=1S/C10H10O3/c11-7-2-1-3-8-9(7)6-4-5-12-10(6)13-8/h4-6,10H,1-3H2/t6-,10+/m0/s1. The first-order chi connectivity index (χ1) is 6.36. The maximum Gasteiger partial charge on any atom is 0.250 e. The molecule has 0 radical (unpaired) electrons. The zero-order chi connectivity index (χ0) is 8.84. The number of ketones is 1. The molecule has 2 heterocycles. The number of ether oxygens (including phenoxy) is 2. The van der Waals surface area contributed by atoms with Crippen LogP contribution in [0.4, 0.5) is 0 Å². The molecule has 3 heteroatoms. The molecule has 3 aliphatic rings. The van der Waals surface area contributed by atoms with Crippen LogP contribution >= 0.6 is 0 Å². The minimum Gasteiger partial charge on any atom is -0.462 e. The predicted octanol–water partition coefficient (Wildman–Crippen LogP) is 1.51. The third-order valence-corrected chi connectivity index (χ3v) is 2.79. The molecule has 0 fully saturated rings. The second kappa shape index (κ2) is 2.37. The van der Waals surface area contributed by atoms with E-state index in [0.29, 0.717) is 6.42 Å². The lowest BCUT2D eigenvalue weighted by Crippen LogP contribution is -2.17. The van der Waals surface area contributed by atoms with E-state index in [2.05, 4.69) is 0 Å². The van der Waals surface area contributed by atoms with Crippen molar-refractivity contribution in [1.29, 1.82) is 0 Å². The van der Waals surface area contributed by atoms with Crippen molar-refractivity contribution < 1.29 is 14.3 Å². The maximum atomic E-state index is 11.6. The monoisotopic (exact) mass is 178 g/mol. The molecule has 1 aliphatic carbocycles. The quantitative estimate of drug-likeness (QED) is 0.564. The second-order valence-corrected chi connectivity index (χ2v) is 3.59. The first-order valence-electron chi connectivity index (χ1n) is 4.61. The number of carbonyl (C=O) groups excluding carboxylic acids is 1. The Morgan fingerprint density at radius 3 is 3.23 bits per heavy atom. The number of Topliss-reactive ketones (excluding diaryl/α,β-unsaturated/α-hetero) is 1. The molecule has 13 heavy (non-hydrogen) atoms. The number of allylic oxidation sites excluding steroid dienone is 1. The third kappa shape index (κ3) is 0.870. The summed E-state index contributed by atoms with van der Waals surface area (Å²) in [6, 6.07) is 0. The summed E-state index contributed by atoms with van der Waals surface area (Å²) >= 11 is 0. The molecule has 0 bridgehead atoms. The minimum atomic E-state index is -0.243. The van der Waals surface area contributed by atoms with E-state index in [9.17, 15) is 4.79 Å². The Hall–Kier alpha value is -1.25. The van der Waals surface area contributed by atoms with Crippen LogP contribution in [0.2, 0.25) is 0 Å². The van der Waals surface area contributed by atoms with E-state index in [4.69, 9.17) is 9.47 Å². The molecule has 0 saturated heterocycles. The molecule has 68 valence electrons. The molecule has 0 amide bonds. The normalized spacial score (nSPS) is 35.5. The molecule has 3 nitrogen and oxygen atoms in total. The number of hydrogen-bond acceptors (Lipinski definition) is 3. The fourth-order valence-corrected chi connectivity index (χ4v) is 2.18. The van der Waals surface area contributed by atoms with Crippen LogP contribution in [-0.2, 0) is 14.3 Å². The Labute approximate surface area is 76.0 Å². The molecule has 3 rings (SSSR count). The van der Waals surface area contributed by atoms with Crippen LogP contribution in [0.15, 0.2) is 23.7 Å². The Balaban J connectivity index is 2.03. The van der Waals surface area contributed by atoms with E-state index in [-0.39, 0.29) is 18.0 Å². The first-order valence-corrected chi connectivity index (χ1v) is 4.61. The summed E-state index contributed by atoms with van der Waals surface area (Å²) in [6.07, 6.45) is 5.77. The van der Waals surface area contributed by atoms with Crippen LogP contribution in [0, 0.1) is 5.92 Å². The lowest BCUT2D eigenvalue weighted by atomic mass is 9.89. The van der Waals surface area contributed by atoms with Crippen LogP contribution in [0.1, 0.15) is 19.3 Å². The minimum absolute atomic E-state index is 0.0720. The highest BCUT2D eigenvalue weighted by atomic mass is 16.7. The summed E-state index contributed by atoms with van der Waals surface area (Å²) in [6.45, 7) is 0. The van der Waals surface area contributed by atoms with Gasteiger partial charge in [-0.25, -0.2) is 0 Å². The van der Waals surface area contributed by atoms with Gasteiger partial charge in [-0.1, -0.05) is 0 Å². The van der Waals surface area contributed by atoms with Gasteiger partial charge in [0.25, 0.3) is 0 Å². The molecule has 0 N–H and O–H groups in total. The fraction of sp³-hybridized carbons (Fsp3) is 0.500. The smallest absolute Gasteiger partial charge is 0.250 e. The van der Waals surface area contributed by atoms with Gasteiger partial charge in [-0.05, 0) is 12.5 Å². The van der Waals surface area contributed by atoms with Crippen molar-refractivity contribution in [2.75, 3.05) is 0 Å². The number of carbonyl (C=O) groups is 1. The number of hydrogen-bond donors (Lipinski definition) is 0. The first kappa shape index (κ1) is 7.18. The van der Waals surface area contributed by atoms with Gasteiger partial charge in [-0.2, -0.15) is 0 Å². The maximum absolute atomic E-state index is 11.6. The Kier molecular flexibility index (Phi) is 1.31. The highest BCUT2D eigenvalue weighted by Crippen LogP contribution is 2.41. The molecular weight excluding hydrogens is 168 g/mol. The van der Waals surface area contributed by atoms with Crippen molar-refractivity contribution >= 4 is 5.78 Å². The van der Waals surface area contributed by atoms with E-state index in [1.165, 1.54) is 0 Å². The summed E-state index contributed by atoms with van der Waals surface area (Å²) in [5.41, 5.74) is 0.866. The van der Waals surface area contributed by atoms with Crippen LogP contribution in [0.5, 0.6) is 0 Å². The van der Waals surface area contributed by atoms with E-state index < -0.39 is 0 Å². The van der Waals surface area contributed by atoms with E-state index in [0.717, 1.165) is 24.2 Å². The van der Waals surface area contributed by atoms with Gasteiger partial charge in [0.15, 0.2) is 5.78 Å². The summed E-state index contributed by atoms with van der Waals surface area (Å²) in [4.78, 5) is 11.6. The highest BCUT2D eigenvalue weighted by Gasteiger charge is 2.43. The Morgan fingerprint density at radius 1 is 1.38 bits per heavy atom. The number of rotatable bonds is 0. The van der Waals surface area contributed by atoms with Gasteiger partial charge >= 0.3 is 0 Å². The predicted molar refractivity (Wildman–Crippen MR) is 44.5 cm³/mol. The molecular formula is C10H10O3. The largest absolute Gasteiger partial charge is 0.462 e. The van der Waals surface area contributed by atoms with Crippen molar-refractivity contribution in [2.45, 2.75) is 25.6 Å². The van der Waals surface area contributed by atoms with E-state index in [1.54, 1.807) is 6.26 Å². The molecule has 0 spiro atoms. The summed E-state index contributed by atoms with van der Waals surface area (Å²) in [5, 5.41) is 0. The molecule has 0 aromatic carbocycles. The van der Waals surface area contributed by atoms with Crippen molar-refractivity contribution in [3.8, 4) is 0 Å². The van der Waals surface area contributed by atoms with Crippen LogP contribution < -0.4 is 0 Å². The van der Waals surface area contributed by atoms with Crippen molar-refractivity contribution in [3.63, 3.8) is 0 Å². The van der Waals surface area contributed by atoms with Crippen LogP contribution in [-0.4, -0.2) is 12.1 Å². The van der Waals surface area contributed by atoms with Gasteiger partial charge in [-0.3, -0.25) is 4.79 Å². The highest BCUT2D eigenvalue weighted by molar-refractivity contribution is 5.98.